The number of methoxy groups -OCH3 is 2. The summed E-state index contributed by atoms with van der Waals surface area (Å²) in [5.74, 6) is 0.969. The molecule has 0 spiro atoms. The van der Waals surface area contributed by atoms with Crippen molar-refractivity contribution in [3.8, 4) is 11.5 Å². The van der Waals surface area contributed by atoms with Crippen LogP contribution in [-0.2, 0) is 16.4 Å². The number of carbonyl (C=O) groups is 1. The highest BCUT2D eigenvalue weighted by atomic mass is 32.2. The van der Waals surface area contributed by atoms with Gasteiger partial charge in [-0.05, 0) is 55.2 Å². The van der Waals surface area contributed by atoms with Crippen molar-refractivity contribution in [3.63, 3.8) is 0 Å². The van der Waals surface area contributed by atoms with Crippen molar-refractivity contribution in [2.45, 2.75) is 43.0 Å². The van der Waals surface area contributed by atoms with Gasteiger partial charge in [0.1, 0.15) is 0 Å². The summed E-state index contributed by atoms with van der Waals surface area (Å²) in [6, 6.07) is 11.7. The summed E-state index contributed by atoms with van der Waals surface area (Å²) in [6.07, 6.45) is 4.39. The van der Waals surface area contributed by atoms with E-state index in [2.05, 4.69) is 10.0 Å². The molecule has 8 heteroatoms. The molecule has 2 aromatic carbocycles. The van der Waals surface area contributed by atoms with Crippen molar-refractivity contribution in [2.75, 3.05) is 20.8 Å². The number of benzene rings is 2. The Morgan fingerprint density at radius 3 is 2.47 bits per heavy atom. The molecule has 0 bridgehead atoms. The third-order valence-electron chi connectivity index (χ3n) is 5.23. The van der Waals surface area contributed by atoms with Crippen molar-refractivity contribution < 1.29 is 22.7 Å². The van der Waals surface area contributed by atoms with Crippen LogP contribution in [0.2, 0.25) is 0 Å². The van der Waals surface area contributed by atoms with Crippen molar-refractivity contribution in [1.82, 2.24) is 10.0 Å². The van der Waals surface area contributed by atoms with E-state index in [4.69, 9.17) is 9.47 Å². The zero-order valence-electron chi connectivity index (χ0n) is 17.3. The van der Waals surface area contributed by atoms with Gasteiger partial charge in [0.2, 0.25) is 10.0 Å². The molecule has 0 atom stereocenters. The van der Waals surface area contributed by atoms with Crippen molar-refractivity contribution in [1.29, 1.82) is 0 Å². The lowest BCUT2D eigenvalue weighted by Gasteiger charge is -2.13. The topological polar surface area (TPSA) is 93.7 Å². The van der Waals surface area contributed by atoms with Gasteiger partial charge in [0.25, 0.3) is 5.91 Å². The SMILES string of the molecule is COc1ccc(CCNC(=O)c2cccc(S(=O)(=O)NC3CCCC3)c2)cc1OC. The summed E-state index contributed by atoms with van der Waals surface area (Å²) >= 11 is 0. The van der Waals surface area contributed by atoms with Gasteiger partial charge in [-0.1, -0.05) is 25.0 Å². The van der Waals surface area contributed by atoms with Crippen molar-refractivity contribution >= 4 is 15.9 Å². The fourth-order valence-electron chi connectivity index (χ4n) is 3.59. The first-order chi connectivity index (χ1) is 14.4. The quantitative estimate of drug-likeness (QED) is 0.636. The third kappa shape index (κ3) is 5.52. The molecule has 0 aliphatic heterocycles. The Kier molecular flexibility index (Phi) is 7.33. The van der Waals surface area contributed by atoms with E-state index in [1.165, 1.54) is 12.1 Å². The van der Waals surface area contributed by atoms with Crippen LogP contribution < -0.4 is 19.5 Å². The maximum atomic E-state index is 12.6. The lowest BCUT2D eigenvalue weighted by atomic mass is 10.1. The summed E-state index contributed by atoms with van der Waals surface area (Å²) in [5, 5.41) is 2.84. The Labute approximate surface area is 177 Å². The number of rotatable bonds is 9. The number of hydrogen-bond donors (Lipinski definition) is 2. The van der Waals surface area contributed by atoms with Crippen molar-refractivity contribution in [3.05, 3.63) is 53.6 Å². The molecular weight excluding hydrogens is 404 g/mol. The van der Waals surface area contributed by atoms with Gasteiger partial charge in [-0.2, -0.15) is 0 Å². The van der Waals surface area contributed by atoms with E-state index in [1.54, 1.807) is 26.4 Å². The molecule has 2 N–H and O–H groups in total. The maximum Gasteiger partial charge on any atom is 0.251 e. The van der Waals surface area contributed by atoms with Gasteiger partial charge in [-0.3, -0.25) is 4.79 Å². The molecule has 0 unspecified atom stereocenters. The molecule has 1 saturated carbocycles. The van der Waals surface area contributed by atoms with Gasteiger partial charge in [0.05, 0.1) is 19.1 Å². The minimum atomic E-state index is -3.63. The van der Waals surface area contributed by atoms with Crippen LogP contribution in [0.25, 0.3) is 0 Å². The number of carbonyl (C=O) groups excluding carboxylic acids is 1. The third-order valence-corrected chi connectivity index (χ3v) is 6.75. The highest BCUT2D eigenvalue weighted by Crippen LogP contribution is 2.27. The van der Waals surface area contributed by atoms with Gasteiger partial charge in [0, 0.05) is 18.2 Å². The fourth-order valence-corrected chi connectivity index (χ4v) is 4.94. The average molecular weight is 433 g/mol. The van der Waals surface area contributed by atoms with Crippen molar-refractivity contribution in [2.24, 2.45) is 0 Å². The van der Waals surface area contributed by atoms with Gasteiger partial charge >= 0.3 is 0 Å². The van der Waals surface area contributed by atoms with E-state index in [0.717, 1.165) is 31.2 Å². The summed E-state index contributed by atoms with van der Waals surface area (Å²) in [7, 11) is -0.479. The first-order valence-corrected chi connectivity index (χ1v) is 11.5. The largest absolute Gasteiger partial charge is 0.493 e. The molecule has 1 amide bonds. The highest BCUT2D eigenvalue weighted by molar-refractivity contribution is 7.89. The predicted molar refractivity (Wildman–Crippen MR) is 115 cm³/mol. The molecule has 7 nitrogen and oxygen atoms in total. The minimum Gasteiger partial charge on any atom is -0.493 e. The van der Waals surface area contributed by atoms with E-state index >= 15 is 0 Å². The predicted octanol–water partition coefficient (Wildman–Crippen LogP) is 2.90. The average Bonchev–Trinajstić information content (AvgIpc) is 3.26. The van der Waals surface area contributed by atoms with Crippen LogP contribution >= 0.6 is 0 Å². The number of amides is 1. The monoisotopic (exact) mass is 432 g/mol. The molecule has 0 heterocycles. The lowest BCUT2D eigenvalue weighted by molar-refractivity contribution is 0.0954. The van der Waals surface area contributed by atoms with Gasteiger partial charge < -0.3 is 14.8 Å². The molecular formula is C22H28N2O5S. The summed E-state index contributed by atoms with van der Waals surface area (Å²) < 4.78 is 38.5. The Hall–Kier alpha value is -2.58. The Morgan fingerprint density at radius 1 is 1.03 bits per heavy atom. The number of nitrogens with one attached hydrogen (secondary N) is 2. The molecule has 0 radical (unpaired) electrons. The molecule has 1 fully saturated rings. The molecule has 0 saturated heterocycles. The number of sulfonamides is 1. The van der Waals surface area contributed by atoms with Crippen LogP contribution in [0.3, 0.4) is 0 Å². The van der Waals surface area contributed by atoms with Crippen LogP contribution in [0.4, 0.5) is 0 Å². The highest BCUT2D eigenvalue weighted by Gasteiger charge is 2.23. The normalized spacial score (nSPS) is 14.5. The first kappa shape index (κ1) is 22.1. The molecule has 1 aliphatic rings. The van der Waals surface area contributed by atoms with Gasteiger partial charge in [-0.15, -0.1) is 0 Å². The second-order valence-electron chi connectivity index (χ2n) is 7.33. The number of ether oxygens (including phenoxy) is 2. The lowest BCUT2D eigenvalue weighted by Crippen LogP contribution is -2.33. The number of hydrogen-bond acceptors (Lipinski definition) is 5. The molecule has 30 heavy (non-hydrogen) atoms. The molecule has 2 aromatic rings. The minimum absolute atomic E-state index is 0.0195. The Bertz CT molecular complexity index is 985. The summed E-state index contributed by atoms with van der Waals surface area (Å²) in [4.78, 5) is 12.6. The maximum absolute atomic E-state index is 12.6. The first-order valence-electron chi connectivity index (χ1n) is 10.0. The van der Waals surface area contributed by atoms with E-state index in [-0.39, 0.29) is 16.8 Å². The van der Waals surface area contributed by atoms with Gasteiger partial charge in [0.15, 0.2) is 11.5 Å². The van der Waals surface area contributed by atoms with E-state index < -0.39 is 10.0 Å². The molecule has 0 aromatic heterocycles. The van der Waals surface area contributed by atoms with E-state index in [0.29, 0.717) is 30.0 Å². The van der Waals surface area contributed by atoms with Crippen LogP contribution in [0.5, 0.6) is 11.5 Å². The summed E-state index contributed by atoms with van der Waals surface area (Å²) in [6.45, 7) is 0.408. The second kappa shape index (κ2) is 9.95. The molecule has 162 valence electrons. The van der Waals surface area contributed by atoms with Crippen LogP contribution in [-0.4, -0.2) is 41.1 Å². The fraction of sp³-hybridized carbons (Fsp3) is 0.409. The smallest absolute Gasteiger partial charge is 0.251 e. The zero-order valence-corrected chi connectivity index (χ0v) is 18.1. The van der Waals surface area contributed by atoms with E-state index in [9.17, 15) is 13.2 Å². The summed E-state index contributed by atoms with van der Waals surface area (Å²) in [5.41, 5.74) is 1.31. The Morgan fingerprint density at radius 2 is 1.77 bits per heavy atom. The van der Waals surface area contributed by atoms with Gasteiger partial charge in [-0.25, -0.2) is 13.1 Å². The molecule has 1 aliphatic carbocycles. The Balaban J connectivity index is 1.60. The van der Waals surface area contributed by atoms with Crippen LogP contribution in [0, 0.1) is 0 Å². The van der Waals surface area contributed by atoms with Crippen LogP contribution in [0.1, 0.15) is 41.6 Å². The standard InChI is InChI=1S/C22H28N2O5S/c1-28-20-11-10-16(14-21(20)29-2)12-13-23-22(25)17-6-5-9-19(15-17)30(26,27)24-18-7-3-4-8-18/h5-6,9-11,14-15,18,24H,3-4,7-8,12-13H2,1-2H3,(H,23,25). The van der Waals surface area contributed by atoms with Crippen LogP contribution in [0.15, 0.2) is 47.4 Å². The van der Waals surface area contributed by atoms with E-state index in [1.807, 2.05) is 18.2 Å². The second-order valence-corrected chi connectivity index (χ2v) is 9.04. The zero-order chi connectivity index (χ0) is 21.6. The molecule has 3 rings (SSSR count).